The van der Waals surface area contributed by atoms with Crippen LogP contribution in [0.3, 0.4) is 0 Å². The van der Waals surface area contributed by atoms with Gasteiger partial charge in [-0.3, -0.25) is 9.59 Å². The fraction of sp³-hybridized carbons (Fsp3) is 0.222. The van der Waals surface area contributed by atoms with E-state index in [-0.39, 0.29) is 18.1 Å². The van der Waals surface area contributed by atoms with Gasteiger partial charge < -0.3 is 15.0 Å². The van der Waals surface area contributed by atoms with Crippen LogP contribution < -0.4 is 15.0 Å². The van der Waals surface area contributed by atoms with E-state index in [1.165, 1.54) is 18.2 Å². The number of hydrogen-bond donors (Lipinski definition) is 1. The van der Waals surface area contributed by atoms with E-state index < -0.39 is 11.7 Å². The number of amides is 2. The maximum atomic E-state index is 13.7. The van der Waals surface area contributed by atoms with Crippen molar-refractivity contribution >= 4 is 23.2 Å². The number of carbonyl (C=O) groups is 2. The smallest absolute Gasteiger partial charge is 0.265 e. The summed E-state index contributed by atoms with van der Waals surface area (Å²) < 4.78 is 19.1. The molecule has 1 heterocycles. The van der Waals surface area contributed by atoms with Gasteiger partial charge in [-0.25, -0.2) is 4.39 Å². The fourth-order valence-corrected chi connectivity index (χ4v) is 2.59. The third-order valence-electron chi connectivity index (χ3n) is 3.73. The molecular weight excluding hydrogens is 311 g/mol. The van der Waals surface area contributed by atoms with Crippen LogP contribution in [0.25, 0.3) is 0 Å². The number of nitrogens with one attached hydrogen (secondary N) is 1. The van der Waals surface area contributed by atoms with Crippen LogP contribution in [0, 0.1) is 5.82 Å². The minimum atomic E-state index is -0.584. The van der Waals surface area contributed by atoms with Crippen molar-refractivity contribution < 1.29 is 18.7 Å². The molecule has 0 fully saturated rings. The van der Waals surface area contributed by atoms with E-state index in [0.29, 0.717) is 23.7 Å². The van der Waals surface area contributed by atoms with Gasteiger partial charge in [-0.2, -0.15) is 0 Å². The first kappa shape index (κ1) is 16.0. The van der Waals surface area contributed by atoms with Crippen LogP contribution in [0.1, 0.15) is 23.7 Å². The summed E-state index contributed by atoms with van der Waals surface area (Å²) in [6.45, 7) is 2.56. The number of benzene rings is 2. The Bertz CT molecular complexity index is 792. The number of anilines is 2. The highest BCUT2D eigenvalue weighted by molar-refractivity contribution is 6.05. The topological polar surface area (TPSA) is 58.6 Å². The Hall–Kier alpha value is -2.89. The van der Waals surface area contributed by atoms with E-state index in [1.54, 1.807) is 29.2 Å². The van der Waals surface area contributed by atoms with Crippen LogP contribution in [-0.2, 0) is 4.79 Å². The molecule has 2 aromatic carbocycles. The Kier molecular flexibility index (Phi) is 4.46. The van der Waals surface area contributed by atoms with Gasteiger partial charge in [-0.15, -0.1) is 0 Å². The van der Waals surface area contributed by atoms with Gasteiger partial charge in [0.25, 0.3) is 11.8 Å². The highest BCUT2D eigenvalue weighted by Crippen LogP contribution is 2.34. The molecule has 0 bridgehead atoms. The predicted molar refractivity (Wildman–Crippen MR) is 88.9 cm³/mol. The number of rotatable bonds is 4. The first-order chi connectivity index (χ1) is 11.6. The standard InChI is InChI=1S/C18H17FN2O3/c1-2-9-21-15-10-12(7-8-16(15)24-11-17(21)22)20-18(23)13-5-3-4-6-14(13)19/h3-8,10H,2,9,11H2,1H3,(H,20,23). The molecule has 1 aliphatic heterocycles. The molecule has 5 nitrogen and oxygen atoms in total. The predicted octanol–water partition coefficient (Wildman–Crippen LogP) is 3.21. The summed E-state index contributed by atoms with van der Waals surface area (Å²) in [6.07, 6.45) is 0.803. The lowest BCUT2D eigenvalue weighted by Gasteiger charge is -2.29. The Balaban J connectivity index is 1.87. The van der Waals surface area contributed by atoms with Crippen LogP contribution in [0.2, 0.25) is 0 Å². The zero-order chi connectivity index (χ0) is 17.1. The SMILES string of the molecule is CCCN1C(=O)COc2ccc(NC(=O)c3ccccc3F)cc21. The van der Waals surface area contributed by atoms with E-state index in [2.05, 4.69) is 5.32 Å². The maximum Gasteiger partial charge on any atom is 0.265 e. The second kappa shape index (κ2) is 6.70. The summed E-state index contributed by atoms with van der Waals surface area (Å²) in [7, 11) is 0. The maximum absolute atomic E-state index is 13.7. The average Bonchev–Trinajstić information content (AvgIpc) is 2.58. The Labute approximate surface area is 139 Å². The van der Waals surface area contributed by atoms with Gasteiger partial charge in [0.2, 0.25) is 0 Å². The summed E-state index contributed by atoms with van der Waals surface area (Å²) in [6, 6.07) is 10.8. The molecule has 2 amide bonds. The van der Waals surface area contributed by atoms with Crippen molar-refractivity contribution in [2.75, 3.05) is 23.4 Å². The molecule has 3 rings (SSSR count). The lowest BCUT2D eigenvalue weighted by Crippen LogP contribution is -2.39. The first-order valence-corrected chi connectivity index (χ1v) is 7.73. The van der Waals surface area contributed by atoms with E-state index in [9.17, 15) is 14.0 Å². The van der Waals surface area contributed by atoms with Crippen molar-refractivity contribution in [3.05, 3.63) is 53.8 Å². The van der Waals surface area contributed by atoms with Gasteiger partial charge in [-0.1, -0.05) is 19.1 Å². The largest absolute Gasteiger partial charge is 0.482 e. The van der Waals surface area contributed by atoms with Crippen LogP contribution in [0.4, 0.5) is 15.8 Å². The van der Waals surface area contributed by atoms with E-state index >= 15 is 0 Å². The van der Waals surface area contributed by atoms with Gasteiger partial charge >= 0.3 is 0 Å². The van der Waals surface area contributed by atoms with Gasteiger partial charge in [0.15, 0.2) is 6.61 Å². The minimum Gasteiger partial charge on any atom is -0.482 e. The average molecular weight is 328 g/mol. The Morgan fingerprint density at radius 3 is 2.83 bits per heavy atom. The highest BCUT2D eigenvalue weighted by Gasteiger charge is 2.25. The van der Waals surface area contributed by atoms with E-state index in [0.717, 1.165) is 6.42 Å². The van der Waals surface area contributed by atoms with E-state index in [4.69, 9.17) is 4.74 Å². The molecule has 124 valence electrons. The molecule has 0 unspecified atom stereocenters. The molecule has 0 atom stereocenters. The van der Waals surface area contributed by atoms with Crippen LogP contribution in [0.15, 0.2) is 42.5 Å². The number of fused-ring (bicyclic) bond motifs is 1. The second-order valence-electron chi connectivity index (χ2n) is 5.45. The molecule has 0 spiro atoms. The Morgan fingerprint density at radius 2 is 2.08 bits per heavy atom. The van der Waals surface area contributed by atoms with Gasteiger partial charge in [0, 0.05) is 12.2 Å². The van der Waals surface area contributed by atoms with Crippen molar-refractivity contribution in [2.24, 2.45) is 0 Å². The quantitative estimate of drug-likeness (QED) is 0.937. The molecule has 0 radical (unpaired) electrons. The van der Waals surface area contributed by atoms with Crippen LogP contribution >= 0.6 is 0 Å². The normalized spacial score (nSPS) is 13.2. The number of ether oxygens (including phenoxy) is 1. The molecule has 0 saturated carbocycles. The minimum absolute atomic E-state index is 0.00787. The molecular formula is C18H17FN2O3. The molecule has 0 aromatic heterocycles. The van der Waals surface area contributed by atoms with Crippen LogP contribution in [0.5, 0.6) is 5.75 Å². The van der Waals surface area contributed by atoms with Gasteiger partial charge in [-0.05, 0) is 36.8 Å². The number of halogens is 1. The molecule has 1 N–H and O–H groups in total. The van der Waals surface area contributed by atoms with Crippen molar-refractivity contribution in [2.45, 2.75) is 13.3 Å². The Morgan fingerprint density at radius 1 is 1.29 bits per heavy atom. The summed E-state index contributed by atoms with van der Waals surface area (Å²) in [5.41, 5.74) is 1.05. The summed E-state index contributed by atoms with van der Waals surface area (Å²) in [5, 5.41) is 2.65. The summed E-state index contributed by atoms with van der Waals surface area (Å²) in [5.74, 6) is -0.661. The fourth-order valence-electron chi connectivity index (χ4n) is 2.59. The summed E-state index contributed by atoms with van der Waals surface area (Å²) >= 11 is 0. The van der Waals surface area contributed by atoms with Crippen LogP contribution in [-0.4, -0.2) is 25.0 Å². The third-order valence-corrected chi connectivity index (χ3v) is 3.73. The lowest BCUT2D eigenvalue weighted by molar-refractivity contribution is -0.121. The van der Waals surface area contributed by atoms with Crippen molar-refractivity contribution in [3.63, 3.8) is 0 Å². The molecule has 24 heavy (non-hydrogen) atoms. The van der Waals surface area contributed by atoms with Gasteiger partial charge in [0.05, 0.1) is 11.3 Å². The molecule has 0 aliphatic carbocycles. The van der Waals surface area contributed by atoms with Crippen molar-refractivity contribution in [1.29, 1.82) is 0 Å². The second-order valence-corrected chi connectivity index (χ2v) is 5.45. The zero-order valence-electron chi connectivity index (χ0n) is 13.2. The van der Waals surface area contributed by atoms with Crippen molar-refractivity contribution in [1.82, 2.24) is 0 Å². The number of hydrogen-bond acceptors (Lipinski definition) is 3. The van der Waals surface area contributed by atoms with E-state index in [1.807, 2.05) is 6.92 Å². The molecule has 2 aromatic rings. The van der Waals surface area contributed by atoms with Crippen molar-refractivity contribution in [3.8, 4) is 5.75 Å². The highest BCUT2D eigenvalue weighted by atomic mass is 19.1. The lowest BCUT2D eigenvalue weighted by atomic mass is 10.1. The number of nitrogens with zero attached hydrogens (tertiary/aromatic N) is 1. The molecule has 1 aliphatic rings. The molecule has 6 heteroatoms. The summed E-state index contributed by atoms with van der Waals surface area (Å²) in [4.78, 5) is 25.9. The molecule has 0 saturated heterocycles. The zero-order valence-corrected chi connectivity index (χ0v) is 13.2. The third kappa shape index (κ3) is 3.08. The van der Waals surface area contributed by atoms with Gasteiger partial charge in [0.1, 0.15) is 11.6 Å². The monoisotopic (exact) mass is 328 g/mol. The first-order valence-electron chi connectivity index (χ1n) is 7.73. The number of carbonyl (C=O) groups excluding carboxylic acids is 2.